The quantitative estimate of drug-likeness (QED) is 0.153. The van der Waals surface area contributed by atoms with Gasteiger partial charge in [0.1, 0.15) is 34.0 Å². The second-order valence-corrected chi connectivity index (χ2v) is 8.62. The van der Waals surface area contributed by atoms with E-state index >= 15 is 0 Å². The molecule has 1 aliphatic rings. The number of furan rings is 1. The van der Waals surface area contributed by atoms with E-state index < -0.39 is 40.3 Å². The van der Waals surface area contributed by atoms with Crippen molar-refractivity contribution in [1.82, 2.24) is 0 Å². The second-order valence-electron chi connectivity index (χ2n) is 8.62. The lowest BCUT2D eigenvalue weighted by Gasteiger charge is -2.24. The zero-order valence-electron chi connectivity index (χ0n) is 19.0. The van der Waals surface area contributed by atoms with Crippen molar-refractivity contribution in [3.05, 3.63) is 88.3 Å². The molecule has 1 atom stereocenters. The average molecular weight is 498 g/mol. The van der Waals surface area contributed by atoms with Gasteiger partial charge in [-0.3, -0.25) is 9.59 Å². The molecule has 0 radical (unpaired) electrons. The minimum atomic E-state index is -0.927. The number of benzene rings is 3. The Bertz CT molecular complexity index is 1760. The van der Waals surface area contributed by atoms with Gasteiger partial charge in [0.2, 0.25) is 11.2 Å². The number of carbonyl (C=O) groups excluding carboxylic acids is 1. The van der Waals surface area contributed by atoms with Crippen molar-refractivity contribution in [2.24, 2.45) is 0 Å². The SMILES string of the molecule is O=C1C[C@@H](c2ccc(-c3ccccc3)o2)c2c(cc(O)c3c(=O)c(O)c(-c4ccc(O)c(O)c4)oc23)O1. The zero-order chi connectivity index (χ0) is 25.8. The predicted octanol–water partition coefficient (Wildman–Crippen LogP) is 4.98. The van der Waals surface area contributed by atoms with Crippen LogP contribution in [-0.4, -0.2) is 26.4 Å². The van der Waals surface area contributed by atoms with Gasteiger partial charge in [0, 0.05) is 22.8 Å². The van der Waals surface area contributed by atoms with Crippen LogP contribution in [0.25, 0.3) is 33.6 Å². The van der Waals surface area contributed by atoms with Gasteiger partial charge in [0.25, 0.3) is 0 Å². The molecule has 37 heavy (non-hydrogen) atoms. The lowest BCUT2D eigenvalue weighted by atomic mass is 9.88. The topological polar surface area (TPSA) is 151 Å². The highest BCUT2D eigenvalue weighted by Gasteiger charge is 2.36. The molecular weight excluding hydrogens is 480 g/mol. The molecule has 5 aromatic rings. The Morgan fingerprint density at radius 1 is 0.757 bits per heavy atom. The third kappa shape index (κ3) is 3.56. The van der Waals surface area contributed by atoms with Crippen LogP contribution in [0.3, 0.4) is 0 Å². The molecule has 2 aromatic heterocycles. The fraction of sp³-hybridized carbons (Fsp3) is 0.0714. The molecule has 0 amide bonds. The minimum Gasteiger partial charge on any atom is -0.507 e. The normalized spacial score (nSPS) is 14.9. The van der Waals surface area contributed by atoms with Crippen molar-refractivity contribution < 1.29 is 38.8 Å². The summed E-state index contributed by atoms with van der Waals surface area (Å²) < 4.78 is 17.4. The zero-order valence-corrected chi connectivity index (χ0v) is 19.0. The first kappa shape index (κ1) is 22.3. The highest BCUT2D eigenvalue weighted by Crippen LogP contribution is 2.48. The molecular formula is C28H18O9. The van der Waals surface area contributed by atoms with Gasteiger partial charge in [-0.2, -0.15) is 0 Å². The van der Waals surface area contributed by atoms with Crippen molar-refractivity contribution in [3.8, 4) is 51.4 Å². The summed E-state index contributed by atoms with van der Waals surface area (Å²) in [7, 11) is 0. The van der Waals surface area contributed by atoms with E-state index in [1.54, 1.807) is 12.1 Å². The van der Waals surface area contributed by atoms with Crippen LogP contribution in [0.1, 0.15) is 23.7 Å². The van der Waals surface area contributed by atoms with Crippen molar-refractivity contribution in [2.75, 3.05) is 0 Å². The number of phenols is 3. The van der Waals surface area contributed by atoms with Crippen molar-refractivity contribution >= 4 is 16.9 Å². The van der Waals surface area contributed by atoms with Gasteiger partial charge in [-0.15, -0.1) is 0 Å². The number of rotatable bonds is 3. The van der Waals surface area contributed by atoms with Gasteiger partial charge in [0.05, 0.1) is 12.3 Å². The number of ether oxygens (including phenoxy) is 1. The van der Waals surface area contributed by atoms with Gasteiger partial charge in [-0.25, -0.2) is 0 Å². The maximum atomic E-state index is 13.2. The molecule has 0 bridgehead atoms. The Hall–Kier alpha value is -5.18. The van der Waals surface area contributed by atoms with Gasteiger partial charge in [-0.05, 0) is 30.3 Å². The molecule has 0 unspecified atom stereocenters. The monoisotopic (exact) mass is 498 g/mol. The van der Waals surface area contributed by atoms with Crippen LogP contribution >= 0.6 is 0 Å². The largest absolute Gasteiger partial charge is 0.507 e. The second kappa shape index (κ2) is 8.20. The van der Waals surface area contributed by atoms with Crippen LogP contribution < -0.4 is 10.2 Å². The number of phenolic OH excluding ortho intramolecular Hbond substituents is 3. The standard InChI is InChI=1S/C28H18O9/c29-16-7-6-14(10-17(16)30)27-26(34)25(33)24-18(31)12-21-23(28(24)37-27)15(11-22(32)36-21)20-9-8-19(35-20)13-4-2-1-3-5-13/h1-10,12,15,29-31,34H,11H2/t15-/m0/s1. The molecule has 6 rings (SSSR count). The first-order valence-electron chi connectivity index (χ1n) is 11.3. The van der Waals surface area contributed by atoms with E-state index in [0.29, 0.717) is 11.5 Å². The summed E-state index contributed by atoms with van der Waals surface area (Å²) in [5, 5.41) is 40.5. The molecule has 3 aromatic carbocycles. The fourth-order valence-corrected chi connectivity index (χ4v) is 4.58. The molecule has 0 fully saturated rings. The van der Waals surface area contributed by atoms with Crippen LogP contribution in [-0.2, 0) is 4.79 Å². The number of hydrogen-bond acceptors (Lipinski definition) is 9. The molecule has 184 valence electrons. The Morgan fingerprint density at radius 3 is 2.30 bits per heavy atom. The van der Waals surface area contributed by atoms with Crippen LogP contribution in [0.4, 0.5) is 0 Å². The molecule has 0 saturated heterocycles. The Labute approximate surface area is 208 Å². The molecule has 0 saturated carbocycles. The molecule has 9 nitrogen and oxygen atoms in total. The molecule has 1 aliphatic heterocycles. The molecule has 4 N–H and O–H groups in total. The van der Waals surface area contributed by atoms with E-state index in [9.17, 15) is 30.0 Å². The Kier molecular flexibility index (Phi) is 4.94. The average Bonchev–Trinajstić information content (AvgIpc) is 3.38. The molecule has 0 spiro atoms. The summed E-state index contributed by atoms with van der Waals surface area (Å²) in [4.78, 5) is 25.6. The summed E-state index contributed by atoms with van der Waals surface area (Å²) in [5.41, 5.74) is 0.161. The minimum absolute atomic E-state index is 0.0164. The Balaban J connectivity index is 1.60. The van der Waals surface area contributed by atoms with Gasteiger partial charge < -0.3 is 34.0 Å². The number of esters is 1. The number of carbonyl (C=O) groups is 1. The molecule has 0 aliphatic carbocycles. The molecule has 3 heterocycles. The van der Waals surface area contributed by atoms with E-state index in [4.69, 9.17) is 13.6 Å². The number of hydrogen-bond donors (Lipinski definition) is 4. The van der Waals surface area contributed by atoms with Crippen LogP contribution in [0, 0.1) is 0 Å². The summed E-state index contributed by atoms with van der Waals surface area (Å²) in [6.07, 6.45) is -0.130. The Morgan fingerprint density at radius 2 is 1.54 bits per heavy atom. The van der Waals surface area contributed by atoms with Crippen LogP contribution in [0.5, 0.6) is 28.7 Å². The maximum absolute atomic E-state index is 13.2. The van der Waals surface area contributed by atoms with Crippen molar-refractivity contribution in [2.45, 2.75) is 12.3 Å². The molecule has 9 heteroatoms. The summed E-state index contributed by atoms with van der Waals surface area (Å²) in [6.45, 7) is 0. The summed E-state index contributed by atoms with van der Waals surface area (Å²) >= 11 is 0. The summed E-state index contributed by atoms with van der Waals surface area (Å²) in [5.74, 6) is -2.89. The third-order valence-corrected chi connectivity index (χ3v) is 6.33. The van der Waals surface area contributed by atoms with Gasteiger partial charge in [0.15, 0.2) is 17.3 Å². The van der Waals surface area contributed by atoms with Gasteiger partial charge >= 0.3 is 5.97 Å². The van der Waals surface area contributed by atoms with E-state index in [1.165, 1.54) is 12.1 Å². The van der Waals surface area contributed by atoms with E-state index in [1.807, 2.05) is 30.3 Å². The predicted molar refractivity (Wildman–Crippen MR) is 131 cm³/mol. The van der Waals surface area contributed by atoms with Crippen molar-refractivity contribution in [1.29, 1.82) is 0 Å². The first-order valence-corrected chi connectivity index (χ1v) is 11.3. The summed E-state index contributed by atoms with van der Waals surface area (Å²) in [6, 6.07) is 17.6. The third-order valence-electron chi connectivity index (χ3n) is 6.33. The smallest absolute Gasteiger partial charge is 0.312 e. The maximum Gasteiger partial charge on any atom is 0.312 e. The highest BCUT2D eigenvalue weighted by atomic mass is 16.5. The highest BCUT2D eigenvalue weighted by molar-refractivity contribution is 5.94. The van der Waals surface area contributed by atoms with E-state index in [-0.39, 0.29) is 40.0 Å². The number of fused-ring (bicyclic) bond motifs is 3. The van der Waals surface area contributed by atoms with Crippen molar-refractivity contribution in [3.63, 3.8) is 0 Å². The lowest BCUT2D eigenvalue weighted by molar-refractivity contribution is -0.135. The lowest BCUT2D eigenvalue weighted by Crippen LogP contribution is -2.21. The van der Waals surface area contributed by atoms with Gasteiger partial charge in [-0.1, -0.05) is 30.3 Å². The van der Waals surface area contributed by atoms with Crippen LogP contribution in [0.2, 0.25) is 0 Å². The first-order chi connectivity index (χ1) is 17.8. The van der Waals surface area contributed by atoms with Crippen LogP contribution in [0.15, 0.2) is 80.4 Å². The van der Waals surface area contributed by atoms with E-state index in [0.717, 1.165) is 17.7 Å². The van der Waals surface area contributed by atoms with E-state index in [2.05, 4.69) is 0 Å². The number of aromatic hydroxyl groups is 4. The fourth-order valence-electron chi connectivity index (χ4n) is 4.58.